The van der Waals surface area contributed by atoms with Crippen LogP contribution < -0.4 is 16.0 Å². The molecule has 1 rings (SSSR count). The maximum Gasteiger partial charge on any atom is 0.321 e. The first kappa shape index (κ1) is 17.3. The Labute approximate surface area is 141 Å². The quantitative estimate of drug-likeness (QED) is 0.309. The SMILES string of the molecule is CC(C)(C)NC(=O)NC(=N)Nc1c(Cl)cc(Cl)cc1I. The third kappa shape index (κ3) is 5.72. The van der Waals surface area contributed by atoms with Crippen LogP contribution in [-0.2, 0) is 0 Å². The number of nitrogens with one attached hydrogen (secondary N) is 4. The fourth-order valence-corrected chi connectivity index (χ4v) is 2.95. The molecule has 0 aromatic heterocycles. The molecule has 0 bridgehead atoms. The minimum atomic E-state index is -0.463. The molecule has 0 aliphatic rings. The normalized spacial score (nSPS) is 10.9. The third-order valence-electron chi connectivity index (χ3n) is 1.98. The zero-order valence-electron chi connectivity index (χ0n) is 11.2. The summed E-state index contributed by atoms with van der Waals surface area (Å²) >= 11 is 14.0. The van der Waals surface area contributed by atoms with Gasteiger partial charge >= 0.3 is 6.03 Å². The summed E-state index contributed by atoms with van der Waals surface area (Å²) in [7, 11) is 0. The first-order valence-electron chi connectivity index (χ1n) is 5.68. The lowest BCUT2D eigenvalue weighted by atomic mass is 10.1. The lowest BCUT2D eigenvalue weighted by Crippen LogP contribution is -2.49. The Balaban J connectivity index is 2.70. The standard InChI is InChI=1S/C12H15Cl2IN4O/c1-12(2,3)19-11(20)18-10(16)17-9-7(14)4-6(13)5-8(9)15/h4-5H,1-3H3,(H4,16,17,18,19,20). The van der Waals surface area contributed by atoms with Gasteiger partial charge in [-0.2, -0.15) is 0 Å². The molecule has 0 atom stereocenters. The Morgan fingerprint density at radius 3 is 2.40 bits per heavy atom. The van der Waals surface area contributed by atoms with E-state index in [-0.39, 0.29) is 11.5 Å². The number of hydrogen-bond donors (Lipinski definition) is 4. The van der Waals surface area contributed by atoms with E-state index in [1.165, 1.54) is 0 Å². The van der Waals surface area contributed by atoms with Gasteiger partial charge in [-0.3, -0.25) is 10.7 Å². The molecule has 0 saturated carbocycles. The molecule has 4 N–H and O–H groups in total. The molecule has 0 radical (unpaired) electrons. The highest BCUT2D eigenvalue weighted by molar-refractivity contribution is 14.1. The Bertz CT molecular complexity index is 520. The van der Waals surface area contributed by atoms with Crippen LogP contribution in [-0.4, -0.2) is 17.5 Å². The Morgan fingerprint density at radius 2 is 1.90 bits per heavy atom. The minimum Gasteiger partial charge on any atom is -0.333 e. The molecule has 2 amide bonds. The van der Waals surface area contributed by atoms with Gasteiger partial charge < -0.3 is 10.6 Å². The second kappa shape index (κ2) is 6.82. The maximum atomic E-state index is 11.6. The summed E-state index contributed by atoms with van der Waals surface area (Å²) in [6.07, 6.45) is 0. The van der Waals surface area contributed by atoms with E-state index in [1.807, 2.05) is 43.4 Å². The first-order chi connectivity index (χ1) is 9.08. The topological polar surface area (TPSA) is 77.0 Å². The highest BCUT2D eigenvalue weighted by atomic mass is 127. The molecule has 0 aliphatic carbocycles. The Kier molecular flexibility index (Phi) is 5.91. The van der Waals surface area contributed by atoms with Gasteiger partial charge in [-0.15, -0.1) is 0 Å². The van der Waals surface area contributed by atoms with Crippen LogP contribution in [0.15, 0.2) is 12.1 Å². The number of carbonyl (C=O) groups is 1. The van der Waals surface area contributed by atoms with E-state index in [4.69, 9.17) is 28.6 Å². The fraction of sp³-hybridized carbons (Fsp3) is 0.333. The van der Waals surface area contributed by atoms with Crippen LogP contribution in [0.1, 0.15) is 20.8 Å². The van der Waals surface area contributed by atoms with E-state index in [0.717, 1.165) is 3.57 Å². The summed E-state index contributed by atoms with van der Waals surface area (Å²) in [4.78, 5) is 11.6. The highest BCUT2D eigenvalue weighted by Gasteiger charge is 2.15. The monoisotopic (exact) mass is 428 g/mol. The van der Waals surface area contributed by atoms with Gasteiger partial charge in [0, 0.05) is 14.1 Å². The Morgan fingerprint density at radius 1 is 1.30 bits per heavy atom. The van der Waals surface area contributed by atoms with Crippen LogP contribution in [0, 0.1) is 8.98 Å². The van der Waals surface area contributed by atoms with Crippen molar-refractivity contribution in [2.24, 2.45) is 0 Å². The van der Waals surface area contributed by atoms with Crippen molar-refractivity contribution in [1.82, 2.24) is 10.6 Å². The summed E-state index contributed by atoms with van der Waals surface area (Å²) in [5.74, 6) is -0.172. The Hall–Kier alpha value is -0.730. The minimum absolute atomic E-state index is 0.172. The van der Waals surface area contributed by atoms with Gasteiger partial charge in [0.1, 0.15) is 0 Å². The number of benzene rings is 1. The van der Waals surface area contributed by atoms with Gasteiger partial charge in [0.05, 0.1) is 10.7 Å². The molecule has 0 spiro atoms. The molecular weight excluding hydrogens is 414 g/mol. The van der Waals surface area contributed by atoms with E-state index in [1.54, 1.807) is 12.1 Å². The van der Waals surface area contributed by atoms with Crippen LogP contribution in [0.5, 0.6) is 0 Å². The molecule has 1 aromatic carbocycles. The second-order valence-electron chi connectivity index (χ2n) is 5.07. The first-order valence-corrected chi connectivity index (χ1v) is 7.51. The van der Waals surface area contributed by atoms with E-state index in [0.29, 0.717) is 15.7 Å². The number of anilines is 1. The summed E-state index contributed by atoms with van der Waals surface area (Å²) in [6, 6.07) is 2.81. The molecule has 1 aromatic rings. The summed E-state index contributed by atoms with van der Waals surface area (Å²) < 4.78 is 0.753. The van der Waals surface area contributed by atoms with Gasteiger partial charge in [0.15, 0.2) is 0 Å². The van der Waals surface area contributed by atoms with Crippen LogP contribution >= 0.6 is 45.8 Å². The molecular formula is C12H15Cl2IN4O. The van der Waals surface area contributed by atoms with Crippen molar-refractivity contribution in [3.05, 3.63) is 25.7 Å². The number of amides is 2. The highest BCUT2D eigenvalue weighted by Crippen LogP contribution is 2.30. The zero-order valence-corrected chi connectivity index (χ0v) is 14.9. The van der Waals surface area contributed by atoms with E-state index >= 15 is 0 Å². The van der Waals surface area contributed by atoms with Crippen molar-refractivity contribution in [2.45, 2.75) is 26.3 Å². The molecule has 8 heteroatoms. The van der Waals surface area contributed by atoms with Crippen molar-refractivity contribution in [3.63, 3.8) is 0 Å². The third-order valence-corrected chi connectivity index (χ3v) is 3.35. The largest absolute Gasteiger partial charge is 0.333 e. The van der Waals surface area contributed by atoms with Gasteiger partial charge in [0.25, 0.3) is 0 Å². The molecule has 0 fully saturated rings. The van der Waals surface area contributed by atoms with Crippen LogP contribution in [0.4, 0.5) is 10.5 Å². The average Bonchev–Trinajstić information content (AvgIpc) is 2.20. The maximum absolute atomic E-state index is 11.6. The van der Waals surface area contributed by atoms with E-state index in [2.05, 4.69) is 16.0 Å². The molecule has 0 unspecified atom stereocenters. The van der Waals surface area contributed by atoms with E-state index in [9.17, 15) is 4.79 Å². The van der Waals surface area contributed by atoms with Crippen molar-refractivity contribution >= 4 is 63.5 Å². The van der Waals surface area contributed by atoms with Crippen molar-refractivity contribution in [3.8, 4) is 0 Å². The zero-order chi connectivity index (χ0) is 15.5. The second-order valence-corrected chi connectivity index (χ2v) is 7.08. The van der Waals surface area contributed by atoms with Crippen LogP contribution in [0.3, 0.4) is 0 Å². The molecule has 0 aliphatic heterocycles. The van der Waals surface area contributed by atoms with Crippen molar-refractivity contribution in [2.75, 3.05) is 5.32 Å². The van der Waals surface area contributed by atoms with E-state index < -0.39 is 6.03 Å². The number of carbonyl (C=O) groups excluding carboxylic acids is 1. The van der Waals surface area contributed by atoms with Crippen molar-refractivity contribution < 1.29 is 4.79 Å². The lowest BCUT2D eigenvalue weighted by Gasteiger charge is -2.21. The predicted octanol–water partition coefficient (Wildman–Crippen LogP) is 4.04. The van der Waals surface area contributed by atoms with Gasteiger partial charge in [-0.25, -0.2) is 4.79 Å². The van der Waals surface area contributed by atoms with Crippen molar-refractivity contribution in [1.29, 1.82) is 5.41 Å². The molecule has 0 heterocycles. The molecule has 110 valence electrons. The van der Waals surface area contributed by atoms with Gasteiger partial charge in [-0.1, -0.05) is 23.2 Å². The molecule has 0 saturated heterocycles. The lowest BCUT2D eigenvalue weighted by molar-refractivity contribution is 0.236. The summed E-state index contributed by atoms with van der Waals surface area (Å²) in [6.45, 7) is 5.55. The number of hydrogen-bond acceptors (Lipinski definition) is 2. The molecule has 5 nitrogen and oxygen atoms in total. The van der Waals surface area contributed by atoms with Gasteiger partial charge in [-0.05, 0) is 55.5 Å². The average molecular weight is 429 g/mol. The smallest absolute Gasteiger partial charge is 0.321 e. The van der Waals surface area contributed by atoms with Gasteiger partial charge in [0.2, 0.25) is 5.96 Å². The van der Waals surface area contributed by atoms with Crippen LogP contribution in [0.25, 0.3) is 0 Å². The number of rotatable bonds is 1. The number of urea groups is 1. The summed E-state index contributed by atoms with van der Waals surface area (Å²) in [5.41, 5.74) is 0.147. The number of guanidine groups is 1. The fourth-order valence-electron chi connectivity index (χ4n) is 1.30. The molecule has 20 heavy (non-hydrogen) atoms. The number of halogens is 3. The summed E-state index contributed by atoms with van der Waals surface area (Å²) in [5, 5.41) is 16.4. The predicted molar refractivity (Wildman–Crippen MR) is 91.9 cm³/mol. The van der Waals surface area contributed by atoms with Crippen LogP contribution in [0.2, 0.25) is 10.0 Å².